The van der Waals surface area contributed by atoms with Gasteiger partial charge in [-0.15, -0.1) is 0 Å². The molecule has 522 valence electrons. The number of hydrogen-bond donors (Lipinski definition) is 0. The maximum atomic E-state index is 2.34. The van der Waals surface area contributed by atoms with Crippen LogP contribution < -0.4 is 0 Å². The standard InChI is InChI=1S/C32H68N.C16H36N.C12H28N.C8H20N.C7H18N.C4H12N/c1-5-9-13-17-21-25-29-33(30-26-22-18-14-10-6-2,31-27-23-19-15-11-7-3)32-28-24-20-16-12-8-4;1-5-9-13-17(14-10-6-2,15-11-7-3)16-12-8-4;1-5-9-13(10-6-2,11-7-3)12-8-4;1-5-9(6-2,7-3)8-4;1-5-8(4,6-2)7-3;1-5(2,3)4/h5-32H2,1-4H3;5-16H2,1-4H3;5-12H2,1-4H3;5-8H2,1-4H3;5-7H2,1-4H3;1-4H3/q6*+1. The van der Waals surface area contributed by atoms with Crippen LogP contribution in [0.5, 0.6) is 0 Å². The van der Waals surface area contributed by atoms with Crippen LogP contribution in [0, 0.1) is 0 Å². The summed E-state index contributed by atoms with van der Waals surface area (Å²) in [6.45, 7) is 69.8. The predicted octanol–water partition coefficient (Wildman–Crippen LogP) is 23.4. The van der Waals surface area contributed by atoms with Crippen molar-refractivity contribution in [3.8, 4) is 0 Å². The molecule has 0 spiro atoms. The van der Waals surface area contributed by atoms with Crippen LogP contribution in [-0.4, -0.2) is 186 Å². The van der Waals surface area contributed by atoms with Crippen LogP contribution in [0.4, 0.5) is 0 Å². The maximum absolute atomic E-state index is 2.34. The van der Waals surface area contributed by atoms with Gasteiger partial charge >= 0.3 is 0 Å². The van der Waals surface area contributed by atoms with Gasteiger partial charge in [0.15, 0.2) is 0 Å². The molecule has 6 nitrogen and oxygen atoms in total. The van der Waals surface area contributed by atoms with E-state index in [9.17, 15) is 0 Å². The summed E-state index contributed by atoms with van der Waals surface area (Å²) in [5.41, 5.74) is 0. The Hall–Kier alpha value is -0.240. The highest BCUT2D eigenvalue weighted by atomic mass is 15.4. The molecule has 0 aliphatic heterocycles. The van der Waals surface area contributed by atoms with Gasteiger partial charge in [-0.25, -0.2) is 0 Å². The molecule has 0 saturated heterocycles. The van der Waals surface area contributed by atoms with E-state index in [-0.39, 0.29) is 0 Å². The molecule has 0 aromatic carbocycles. The SMILES string of the molecule is CCCCCCCC[N+](CCCCCCCC)(CCCCCCCC)CCCCCCCC.CCCC[N+](CCCC)(CCCC)CCCC.CCC[N+](CCC)(CCC)CCC.CC[N+](C)(CC)CC.CC[N+](CC)(CC)CC.C[N+](C)(C)C. The topological polar surface area (TPSA) is 0 Å². The molecular formula is C79H182N6+6. The summed E-state index contributed by atoms with van der Waals surface area (Å²) in [4.78, 5) is 0. The van der Waals surface area contributed by atoms with E-state index in [1.54, 1.807) is 0 Å². The average molecular weight is 1220 g/mol. The fourth-order valence-corrected chi connectivity index (χ4v) is 12.8. The normalized spacial score (nSPS) is 12.0. The molecule has 0 bridgehead atoms. The smallest absolute Gasteiger partial charge is 0.0786 e. The van der Waals surface area contributed by atoms with Gasteiger partial charge in [-0.3, -0.25) is 0 Å². The van der Waals surface area contributed by atoms with Crippen LogP contribution in [0.1, 0.15) is 363 Å². The first-order chi connectivity index (χ1) is 40.7. The quantitative estimate of drug-likeness (QED) is 0.0421. The van der Waals surface area contributed by atoms with Gasteiger partial charge in [-0.1, -0.05) is 212 Å². The molecule has 85 heavy (non-hydrogen) atoms. The van der Waals surface area contributed by atoms with Crippen molar-refractivity contribution in [1.29, 1.82) is 0 Å². The second-order valence-corrected chi connectivity index (χ2v) is 29.1. The van der Waals surface area contributed by atoms with E-state index >= 15 is 0 Å². The van der Waals surface area contributed by atoms with Gasteiger partial charge in [0.2, 0.25) is 0 Å². The average Bonchev–Trinajstić information content (AvgIpc) is 3.71. The van der Waals surface area contributed by atoms with Gasteiger partial charge in [-0.2, -0.15) is 0 Å². The maximum Gasteiger partial charge on any atom is 0.0786 e. The summed E-state index contributed by atoms with van der Waals surface area (Å²) in [5.74, 6) is 0. The van der Waals surface area contributed by atoms with Crippen molar-refractivity contribution >= 4 is 0 Å². The van der Waals surface area contributed by atoms with Gasteiger partial charge < -0.3 is 26.9 Å². The summed E-state index contributed by atoms with van der Waals surface area (Å²) in [6, 6.07) is 0. The molecule has 0 amide bonds. The number of nitrogens with zero attached hydrogens (tertiary/aromatic N) is 6. The van der Waals surface area contributed by atoms with E-state index in [2.05, 4.69) is 167 Å². The highest BCUT2D eigenvalue weighted by Gasteiger charge is 2.27. The summed E-state index contributed by atoms with van der Waals surface area (Å²) < 4.78 is 7.76. The molecule has 0 aromatic rings. The van der Waals surface area contributed by atoms with Gasteiger partial charge in [0, 0.05) is 0 Å². The summed E-state index contributed by atoms with van der Waals surface area (Å²) in [5, 5.41) is 0. The Labute approximate surface area is 546 Å². The summed E-state index contributed by atoms with van der Waals surface area (Å²) >= 11 is 0. The molecule has 0 fully saturated rings. The molecular weight excluding hydrogens is 1030 g/mol. The Morgan fingerprint density at radius 2 is 0.294 bits per heavy atom. The van der Waals surface area contributed by atoms with Gasteiger partial charge in [0.1, 0.15) is 0 Å². The van der Waals surface area contributed by atoms with Gasteiger partial charge in [-0.05, 0) is 151 Å². The fourth-order valence-electron chi connectivity index (χ4n) is 12.8. The Kier molecular flexibility index (Phi) is 78.5. The van der Waals surface area contributed by atoms with Crippen molar-refractivity contribution in [2.24, 2.45) is 0 Å². The minimum Gasteiger partial charge on any atom is -0.333 e. The molecule has 0 atom stereocenters. The molecule has 0 rings (SSSR count). The number of quaternary nitrogens is 6. The zero-order valence-corrected chi connectivity index (χ0v) is 65.6. The third-order valence-electron chi connectivity index (χ3n) is 19.7. The third-order valence-corrected chi connectivity index (χ3v) is 19.7. The Balaban J connectivity index is -0.000000250. The van der Waals surface area contributed by atoms with E-state index in [0.29, 0.717) is 0 Å². The van der Waals surface area contributed by atoms with E-state index in [1.807, 2.05) is 0 Å². The monoisotopic (exact) mass is 1220 g/mol. The van der Waals surface area contributed by atoms with Crippen LogP contribution in [-0.2, 0) is 0 Å². The van der Waals surface area contributed by atoms with Crippen molar-refractivity contribution in [3.63, 3.8) is 0 Å². The molecule has 0 aliphatic rings. The minimum atomic E-state index is 1.00. The molecule has 0 heterocycles. The van der Waals surface area contributed by atoms with Crippen molar-refractivity contribution in [2.75, 3.05) is 160 Å². The van der Waals surface area contributed by atoms with Crippen LogP contribution >= 0.6 is 0 Å². The lowest BCUT2D eigenvalue weighted by Crippen LogP contribution is -2.50. The highest BCUT2D eigenvalue weighted by Crippen LogP contribution is 2.22. The second kappa shape index (κ2) is 69.6. The first-order valence-electron chi connectivity index (χ1n) is 39.7. The Morgan fingerprint density at radius 1 is 0.141 bits per heavy atom. The third kappa shape index (κ3) is 65.1. The predicted molar refractivity (Wildman–Crippen MR) is 398 cm³/mol. The minimum absolute atomic E-state index is 1.00. The first-order valence-corrected chi connectivity index (χ1v) is 39.7. The highest BCUT2D eigenvalue weighted by molar-refractivity contribution is 4.56. The van der Waals surface area contributed by atoms with Crippen molar-refractivity contribution in [2.45, 2.75) is 363 Å². The molecule has 0 radical (unpaired) electrons. The number of rotatable bonds is 55. The van der Waals surface area contributed by atoms with Crippen molar-refractivity contribution in [3.05, 3.63) is 0 Å². The van der Waals surface area contributed by atoms with Crippen molar-refractivity contribution in [1.82, 2.24) is 0 Å². The molecule has 6 heteroatoms. The summed E-state index contributed by atoms with van der Waals surface area (Å²) in [6.07, 6.45) is 51.2. The van der Waals surface area contributed by atoms with E-state index in [0.717, 1.165) is 4.48 Å². The van der Waals surface area contributed by atoms with Gasteiger partial charge in [0.05, 0.1) is 160 Å². The van der Waals surface area contributed by atoms with Crippen LogP contribution in [0.2, 0.25) is 0 Å². The Morgan fingerprint density at radius 3 is 0.424 bits per heavy atom. The van der Waals surface area contributed by atoms with Crippen LogP contribution in [0.15, 0.2) is 0 Å². The number of unbranched alkanes of at least 4 members (excludes halogenated alkanes) is 24. The van der Waals surface area contributed by atoms with Gasteiger partial charge in [0.25, 0.3) is 0 Å². The lowest BCUT2D eigenvalue weighted by molar-refractivity contribution is -0.929. The van der Waals surface area contributed by atoms with E-state index < -0.39 is 0 Å². The molecule has 0 N–H and O–H groups in total. The van der Waals surface area contributed by atoms with E-state index in [1.165, 1.54) is 378 Å². The largest absolute Gasteiger partial charge is 0.333 e. The molecule has 0 aromatic heterocycles. The number of hydrogen-bond acceptors (Lipinski definition) is 0. The molecule has 0 aliphatic carbocycles. The first kappa shape index (κ1) is 95.9. The molecule has 0 unspecified atom stereocenters. The second-order valence-electron chi connectivity index (χ2n) is 29.1. The fraction of sp³-hybridized carbons (Fsp3) is 1.00. The summed E-state index contributed by atoms with van der Waals surface area (Å²) in [7, 11) is 10.8. The Bertz CT molecular complexity index is 1020. The van der Waals surface area contributed by atoms with Crippen LogP contribution in [0.3, 0.4) is 0 Å². The molecule has 0 saturated carbocycles. The van der Waals surface area contributed by atoms with Crippen LogP contribution in [0.25, 0.3) is 0 Å². The zero-order chi connectivity index (χ0) is 65.9. The lowest BCUT2D eigenvalue weighted by Gasteiger charge is -2.40. The van der Waals surface area contributed by atoms with E-state index in [4.69, 9.17) is 0 Å². The zero-order valence-electron chi connectivity index (χ0n) is 65.6. The lowest BCUT2D eigenvalue weighted by atomic mass is 10.0. The van der Waals surface area contributed by atoms with Crippen molar-refractivity contribution < 1.29 is 26.9 Å².